The second-order valence-corrected chi connectivity index (χ2v) is 5.44. The molecular weight excluding hydrogens is 278 g/mol. The van der Waals surface area contributed by atoms with E-state index in [9.17, 15) is 9.59 Å². The number of amides is 2. The van der Waals surface area contributed by atoms with E-state index in [1.54, 1.807) is 24.3 Å². The van der Waals surface area contributed by atoms with E-state index >= 15 is 0 Å². The summed E-state index contributed by atoms with van der Waals surface area (Å²) in [6, 6.07) is 12.6. The van der Waals surface area contributed by atoms with Gasteiger partial charge in [-0.15, -0.1) is 0 Å². The molecule has 2 aromatic carbocycles. The summed E-state index contributed by atoms with van der Waals surface area (Å²) in [6.45, 7) is 2.47. The first-order chi connectivity index (χ1) is 10.8. The van der Waals surface area contributed by atoms with Crippen LogP contribution in [0.4, 0.5) is 11.4 Å². The van der Waals surface area contributed by atoms with Gasteiger partial charge in [-0.05, 0) is 35.9 Å². The van der Waals surface area contributed by atoms with Crippen molar-refractivity contribution in [3.05, 3.63) is 59.2 Å². The Balaban J connectivity index is 1.76. The first-order valence-electron chi connectivity index (χ1n) is 7.31. The fraction of sp³-hybridized carbons (Fsp3) is 0.176. The molecule has 0 saturated carbocycles. The SMILES string of the molecule is O=C1c2ccccc2C(=O)N1c1ccc2c(c1)CNCCN2. The molecule has 110 valence electrons. The maximum Gasteiger partial charge on any atom is 0.266 e. The van der Waals surface area contributed by atoms with Crippen LogP contribution in [0.15, 0.2) is 42.5 Å². The third-order valence-electron chi connectivity index (χ3n) is 4.07. The third kappa shape index (κ3) is 1.90. The molecule has 2 aliphatic heterocycles. The van der Waals surface area contributed by atoms with Crippen LogP contribution in [0.25, 0.3) is 0 Å². The molecule has 2 N–H and O–H groups in total. The van der Waals surface area contributed by atoms with Crippen molar-refractivity contribution in [1.29, 1.82) is 0 Å². The number of benzene rings is 2. The zero-order valence-electron chi connectivity index (χ0n) is 11.9. The molecule has 22 heavy (non-hydrogen) atoms. The maximum atomic E-state index is 12.5. The van der Waals surface area contributed by atoms with Crippen molar-refractivity contribution in [2.45, 2.75) is 6.54 Å². The molecular formula is C17H15N3O2. The average molecular weight is 293 g/mol. The predicted octanol–water partition coefficient (Wildman–Crippen LogP) is 2.00. The van der Waals surface area contributed by atoms with Gasteiger partial charge in [0.1, 0.15) is 0 Å². The molecule has 0 aromatic heterocycles. The zero-order chi connectivity index (χ0) is 15.1. The van der Waals surface area contributed by atoms with Crippen LogP contribution >= 0.6 is 0 Å². The smallest absolute Gasteiger partial charge is 0.266 e. The standard InChI is InChI=1S/C17H15N3O2/c21-16-13-3-1-2-4-14(13)17(22)20(16)12-5-6-15-11(9-12)10-18-7-8-19-15/h1-6,9,18-19H,7-8,10H2. The van der Waals surface area contributed by atoms with Gasteiger partial charge < -0.3 is 10.6 Å². The molecule has 4 rings (SSSR count). The number of carbonyl (C=O) groups excluding carboxylic acids is 2. The summed E-state index contributed by atoms with van der Waals surface area (Å²) in [4.78, 5) is 26.3. The normalized spacial score (nSPS) is 16.8. The van der Waals surface area contributed by atoms with Gasteiger partial charge in [0.25, 0.3) is 11.8 Å². The van der Waals surface area contributed by atoms with E-state index in [0.29, 0.717) is 16.8 Å². The van der Waals surface area contributed by atoms with Crippen LogP contribution in [-0.2, 0) is 6.54 Å². The van der Waals surface area contributed by atoms with Gasteiger partial charge in [0, 0.05) is 25.3 Å². The van der Waals surface area contributed by atoms with Crippen LogP contribution < -0.4 is 15.5 Å². The van der Waals surface area contributed by atoms with E-state index in [0.717, 1.165) is 30.9 Å². The molecule has 5 heteroatoms. The highest BCUT2D eigenvalue weighted by Gasteiger charge is 2.36. The minimum atomic E-state index is -0.255. The van der Waals surface area contributed by atoms with E-state index in [1.807, 2.05) is 18.2 Å². The molecule has 2 aromatic rings. The molecule has 0 saturated heterocycles. The second-order valence-electron chi connectivity index (χ2n) is 5.44. The van der Waals surface area contributed by atoms with Gasteiger partial charge >= 0.3 is 0 Å². The highest BCUT2D eigenvalue weighted by atomic mass is 16.2. The van der Waals surface area contributed by atoms with E-state index < -0.39 is 0 Å². The molecule has 2 amide bonds. The molecule has 0 fully saturated rings. The van der Waals surface area contributed by atoms with Crippen LogP contribution in [0.3, 0.4) is 0 Å². The molecule has 5 nitrogen and oxygen atoms in total. The molecule has 0 atom stereocenters. The van der Waals surface area contributed by atoms with Crippen molar-refractivity contribution < 1.29 is 9.59 Å². The van der Waals surface area contributed by atoms with Crippen LogP contribution in [-0.4, -0.2) is 24.9 Å². The topological polar surface area (TPSA) is 61.4 Å². The number of nitrogens with one attached hydrogen (secondary N) is 2. The lowest BCUT2D eigenvalue weighted by Gasteiger charge is -2.16. The molecule has 0 aliphatic carbocycles. The highest BCUT2D eigenvalue weighted by Crippen LogP contribution is 2.31. The number of fused-ring (bicyclic) bond motifs is 2. The Hall–Kier alpha value is -2.66. The monoisotopic (exact) mass is 293 g/mol. The quantitative estimate of drug-likeness (QED) is 0.790. The Labute approximate surface area is 127 Å². The van der Waals surface area contributed by atoms with Crippen molar-refractivity contribution in [2.75, 3.05) is 23.3 Å². The van der Waals surface area contributed by atoms with Crippen molar-refractivity contribution in [3.8, 4) is 0 Å². The average Bonchev–Trinajstić information content (AvgIpc) is 2.71. The lowest BCUT2D eigenvalue weighted by atomic mass is 10.1. The minimum Gasteiger partial charge on any atom is -0.384 e. The van der Waals surface area contributed by atoms with E-state index in [2.05, 4.69) is 10.6 Å². The van der Waals surface area contributed by atoms with Crippen molar-refractivity contribution >= 4 is 23.2 Å². The lowest BCUT2D eigenvalue weighted by Crippen LogP contribution is -2.29. The van der Waals surface area contributed by atoms with Crippen molar-refractivity contribution in [1.82, 2.24) is 5.32 Å². The van der Waals surface area contributed by atoms with Gasteiger partial charge in [0.2, 0.25) is 0 Å². The molecule has 0 radical (unpaired) electrons. The molecule has 2 aliphatic rings. The molecule has 0 bridgehead atoms. The van der Waals surface area contributed by atoms with Crippen LogP contribution in [0.1, 0.15) is 26.3 Å². The summed E-state index contributed by atoms with van der Waals surface area (Å²) in [5.74, 6) is -0.509. The highest BCUT2D eigenvalue weighted by molar-refractivity contribution is 6.34. The maximum absolute atomic E-state index is 12.5. The summed E-state index contributed by atoms with van der Waals surface area (Å²) < 4.78 is 0. The number of rotatable bonds is 1. The summed E-state index contributed by atoms with van der Waals surface area (Å²) in [5, 5.41) is 6.64. The van der Waals surface area contributed by atoms with Crippen molar-refractivity contribution in [2.24, 2.45) is 0 Å². The lowest BCUT2D eigenvalue weighted by molar-refractivity contribution is 0.0926. The van der Waals surface area contributed by atoms with E-state index in [-0.39, 0.29) is 11.8 Å². The minimum absolute atomic E-state index is 0.255. The number of imide groups is 1. The first kappa shape index (κ1) is 13.0. The molecule has 0 spiro atoms. The molecule has 2 heterocycles. The Bertz CT molecular complexity index is 750. The summed E-state index contributed by atoms with van der Waals surface area (Å²) in [6.07, 6.45) is 0. The van der Waals surface area contributed by atoms with Gasteiger partial charge in [-0.1, -0.05) is 12.1 Å². The van der Waals surface area contributed by atoms with Crippen LogP contribution in [0, 0.1) is 0 Å². The molecule has 0 unspecified atom stereocenters. The van der Waals surface area contributed by atoms with Crippen molar-refractivity contribution in [3.63, 3.8) is 0 Å². The number of nitrogens with zero attached hydrogens (tertiary/aromatic N) is 1. The predicted molar refractivity (Wildman–Crippen MR) is 84.2 cm³/mol. The van der Waals surface area contributed by atoms with E-state index in [4.69, 9.17) is 0 Å². The summed E-state index contributed by atoms with van der Waals surface area (Å²) in [5.41, 5.74) is 3.67. The third-order valence-corrected chi connectivity index (χ3v) is 4.07. The zero-order valence-corrected chi connectivity index (χ0v) is 11.9. The van der Waals surface area contributed by atoms with Gasteiger partial charge in [-0.3, -0.25) is 9.59 Å². The number of hydrogen-bond donors (Lipinski definition) is 2. The Kier molecular flexibility index (Phi) is 2.94. The largest absolute Gasteiger partial charge is 0.384 e. The van der Waals surface area contributed by atoms with Gasteiger partial charge in [-0.25, -0.2) is 4.90 Å². The fourth-order valence-corrected chi connectivity index (χ4v) is 2.97. The Morgan fingerprint density at radius 3 is 2.36 bits per heavy atom. The second kappa shape index (κ2) is 4.96. The number of hydrogen-bond acceptors (Lipinski definition) is 4. The number of carbonyl (C=O) groups is 2. The Morgan fingerprint density at radius 1 is 0.909 bits per heavy atom. The van der Waals surface area contributed by atoms with Crippen LogP contribution in [0.5, 0.6) is 0 Å². The summed E-state index contributed by atoms with van der Waals surface area (Å²) >= 11 is 0. The Morgan fingerprint density at radius 2 is 1.64 bits per heavy atom. The van der Waals surface area contributed by atoms with Crippen LogP contribution in [0.2, 0.25) is 0 Å². The van der Waals surface area contributed by atoms with Gasteiger partial charge in [-0.2, -0.15) is 0 Å². The number of anilines is 2. The van der Waals surface area contributed by atoms with Gasteiger partial charge in [0.05, 0.1) is 16.8 Å². The fourth-order valence-electron chi connectivity index (χ4n) is 2.97. The van der Waals surface area contributed by atoms with E-state index in [1.165, 1.54) is 4.90 Å². The summed E-state index contributed by atoms with van der Waals surface area (Å²) in [7, 11) is 0. The van der Waals surface area contributed by atoms with Gasteiger partial charge in [0.15, 0.2) is 0 Å². The first-order valence-corrected chi connectivity index (χ1v) is 7.31.